The van der Waals surface area contributed by atoms with Crippen LogP contribution in [0.1, 0.15) is 5.56 Å². The van der Waals surface area contributed by atoms with Gasteiger partial charge in [-0.25, -0.2) is 18.7 Å². The molecule has 2 aromatic rings. The molecule has 1 aromatic heterocycles. The maximum atomic E-state index is 13.6. The molecule has 0 aliphatic rings. The zero-order chi connectivity index (χ0) is 13.3. The molecule has 3 nitrogen and oxygen atoms in total. The lowest BCUT2D eigenvalue weighted by Crippen LogP contribution is -2.01. The van der Waals surface area contributed by atoms with Crippen molar-refractivity contribution in [3.05, 3.63) is 45.8 Å². The lowest BCUT2D eigenvalue weighted by Gasteiger charge is -2.10. The van der Waals surface area contributed by atoms with Crippen LogP contribution >= 0.6 is 23.2 Å². The van der Waals surface area contributed by atoms with Crippen LogP contribution in [0.2, 0.25) is 10.3 Å². The number of nitrogens with zero attached hydrogens (tertiary/aromatic N) is 2. The molecule has 0 fully saturated rings. The van der Waals surface area contributed by atoms with Gasteiger partial charge in [-0.3, -0.25) is 0 Å². The quantitative estimate of drug-likeness (QED) is 0.846. The Bertz CT molecular complexity index is 582. The van der Waals surface area contributed by atoms with Crippen molar-refractivity contribution in [1.82, 2.24) is 9.97 Å². The Morgan fingerprint density at radius 2 is 1.94 bits per heavy atom. The van der Waals surface area contributed by atoms with Gasteiger partial charge in [0.1, 0.15) is 11.6 Å². The minimum Gasteiger partial charge on any atom is -0.336 e. The summed E-state index contributed by atoms with van der Waals surface area (Å²) < 4.78 is 26.5. The molecule has 1 N–H and O–H groups in total. The molecule has 0 bridgehead atoms. The van der Waals surface area contributed by atoms with E-state index in [-0.39, 0.29) is 16.0 Å². The van der Waals surface area contributed by atoms with Crippen LogP contribution in [0, 0.1) is 18.6 Å². The van der Waals surface area contributed by atoms with Gasteiger partial charge in [-0.1, -0.05) is 11.6 Å². The van der Waals surface area contributed by atoms with Crippen LogP contribution in [0.4, 0.5) is 20.3 Å². The fourth-order valence-electron chi connectivity index (χ4n) is 1.33. The van der Waals surface area contributed by atoms with Crippen molar-refractivity contribution >= 4 is 34.7 Å². The first-order valence-electron chi connectivity index (χ1n) is 4.88. The fourth-order valence-corrected chi connectivity index (χ4v) is 1.70. The first-order valence-corrected chi connectivity index (χ1v) is 5.63. The van der Waals surface area contributed by atoms with Gasteiger partial charge in [0.25, 0.3) is 0 Å². The van der Waals surface area contributed by atoms with E-state index in [9.17, 15) is 8.78 Å². The summed E-state index contributed by atoms with van der Waals surface area (Å²) in [4.78, 5) is 7.66. The number of hydrogen-bond acceptors (Lipinski definition) is 3. The Kier molecular flexibility index (Phi) is 3.63. The van der Waals surface area contributed by atoms with Crippen LogP contribution in [0.25, 0.3) is 0 Å². The smallest absolute Gasteiger partial charge is 0.224 e. The summed E-state index contributed by atoms with van der Waals surface area (Å²) in [6, 6.07) is 1.73. The largest absolute Gasteiger partial charge is 0.336 e. The molecule has 0 saturated heterocycles. The van der Waals surface area contributed by atoms with Crippen LogP contribution in [0.15, 0.2) is 18.3 Å². The summed E-state index contributed by atoms with van der Waals surface area (Å²) in [7, 11) is 0. The molecule has 0 unspecified atom stereocenters. The summed E-state index contributed by atoms with van der Waals surface area (Å²) in [5, 5.41) is 2.60. The highest BCUT2D eigenvalue weighted by Crippen LogP contribution is 2.29. The van der Waals surface area contributed by atoms with Crippen molar-refractivity contribution < 1.29 is 8.78 Å². The Hall–Kier alpha value is -1.46. The Balaban J connectivity index is 2.43. The fraction of sp³-hybridized carbons (Fsp3) is 0.0909. The van der Waals surface area contributed by atoms with E-state index < -0.39 is 11.6 Å². The first kappa shape index (κ1) is 13.0. The SMILES string of the molecule is Cc1cnc(Cl)nc1Nc1c(F)cc(F)cc1Cl. The van der Waals surface area contributed by atoms with Gasteiger partial charge in [-0.05, 0) is 24.6 Å². The number of benzene rings is 1. The van der Waals surface area contributed by atoms with Crippen molar-refractivity contribution in [3.8, 4) is 0 Å². The van der Waals surface area contributed by atoms with Crippen LogP contribution in [0.3, 0.4) is 0 Å². The van der Waals surface area contributed by atoms with E-state index >= 15 is 0 Å². The van der Waals surface area contributed by atoms with Crippen LogP contribution in [0.5, 0.6) is 0 Å². The maximum Gasteiger partial charge on any atom is 0.224 e. The van der Waals surface area contributed by atoms with Gasteiger partial charge in [-0.2, -0.15) is 0 Å². The highest BCUT2D eigenvalue weighted by Gasteiger charge is 2.12. The molecule has 1 aromatic carbocycles. The second-order valence-electron chi connectivity index (χ2n) is 3.54. The number of rotatable bonds is 2. The average Bonchev–Trinajstić information content (AvgIpc) is 2.28. The van der Waals surface area contributed by atoms with Gasteiger partial charge in [0, 0.05) is 17.8 Å². The molecule has 0 spiro atoms. The molecule has 1 heterocycles. The highest BCUT2D eigenvalue weighted by atomic mass is 35.5. The summed E-state index contributed by atoms with van der Waals surface area (Å²) in [5.41, 5.74) is 0.593. The summed E-state index contributed by atoms with van der Waals surface area (Å²) in [6.07, 6.45) is 1.48. The van der Waals surface area contributed by atoms with Crippen molar-refractivity contribution in [3.63, 3.8) is 0 Å². The van der Waals surface area contributed by atoms with Crippen molar-refractivity contribution in [2.24, 2.45) is 0 Å². The van der Waals surface area contributed by atoms with Crippen LogP contribution < -0.4 is 5.32 Å². The lowest BCUT2D eigenvalue weighted by molar-refractivity contribution is 0.586. The molecule has 94 valence electrons. The second kappa shape index (κ2) is 5.04. The van der Waals surface area contributed by atoms with Gasteiger partial charge < -0.3 is 5.32 Å². The van der Waals surface area contributed by atoms with Crippen molar-refractivity contribution in [2.45, 2.75) is 6.92 Å². The Morgan fingerprint density at radius 1 is 1.22 bits per heavy atom. The van der Waals surface area contributed by atoms with Gasteiger partial charge in [0.15, 0.2) is 5.82 Å². The third-order valence-corrected chi connectivity index (χ3v) is 2.67. The minimum atomic E-state index is -0.811. The van der Waals surface area contributed by atoms with Gasteiger partial charge in [0.2, 0.25) is 5.28 Å². The number of halogens is 4. The molecular formula is C11H7Cl2F2N3. The number of aromatic nitrogens is 2. The van der Waals surface area contributed by atoms with E-state index in [1.54, 1.807) is 6.92 Å². The summed E-state index contributed by atoms with van der Waals surface area (Å²) in [5.74, 6) is -1.25. The topological polar surface area (TPSA) is 37.8 Å². The van der Waals surface area contributed by atoms with Gasteiger partial charge in [-0.15, -0.1) is 0 Å². The van der Waals surface area contributed by atoms with Gasteiger partial charge >= 0.3 is 0 Å². The van der Waals surface area contributed by atoms with Crippen molar-refractivity contribution in [1.29, 1.82) is 0 Å². The molecule has 0 aliphatic heterocycles. The molecule has 0 saturated carbocycles. The molecule has 2 rings (SSSR count). The number of nitrogens with one attached hydrogen (secondary N) is 1. The van der Waals surface area contributed by atoms with E-state index in [1.807, 2.05) is 0 Å². The molecule has 0 aliphatic carbocycles. The molecule has 0 radical (unpaired) electrons. The zero-order valence-electron chi connectivity index (χ0n) is 9.14. The molecule has 0 amide bonds. The number of aryl methyl sites for hydroxylation is 1. The number of anilines is 2. The third kappa shape index (κ3) is 2.68. The van der Waals surface area contributed by atoms with E-state index in [0.717, 1.165) is 12.1 Å². The Morgan fingerprint density at radius 3 is 2.61 bits per heavy atom. The maximum absolute atomic E-state index is 13.6. The van der Waals surface area contributed by atoms with E-state index in [1.165, 1.54) is 6.20 Å². The second-order valence-corrected chi connectivity index (χ2v) is 4.29. The third-order valence-electron chi connectivity index (χ3n) is 2.19. The molecule has 0 atom stereocenters. The monoisotopic (exact) mass is 289 g/mol. The van der Waals surface area contributed by atoms with Crippen molar-refractivity contribution in [2.75, 3.05) is 5.32 Å². The molecular weight excluding hydrogens is 283 g/mol. The minimum absolute atomic E-state index is 0.0155. The van der Waals surface area contributed by atoms with E-state index in [4.69, 9.17) is 23.2 Å². The lowest BCUT2D eigenvalue weighted by atomic mass is 10.2. The number of hydrogen-bond donors (Lipinski definition) is 1. The van der Waals surface area contributed by atoms with E-state index in [0.29, 0.717) is 11.4 Å². The predicted molar refractivity (Wildman–Crippen MR) is 66.4 cm³/mol. The standard InChI is InChI=1S/C11H7Cl2F2N3/c1-5-4-16-11(13)18-10(5)17-9-7(12)2-6(14)3-8(9)15/h2-4H,1H3,(H,16,17,18). The molecule has 7 heteroatoms. The van der Waals surface area contributed by atoms with Gasteiger partial charge in [0.05, 0.1) is 10.7 Å². The Labute approximate surface area is 112 Å². The summed E-state index contributed by atoms with van der Waals surface area (Å²) in [6.45, 7) is 1.72. The van der Waals surface area contributed by atoms with Crippen LogP contribution in [-0.2, 0) is 0 Å². The average molecular weight is 290 g/mol. The molecule has 18 heavy (non-hydrogen) atoms. The van der Waals surface area contributed by atoms with E-state index in [2.05, 4.69) is 15.3 Å². The zero-order valence-corrected chi connectivity index (χ0v) is 10.7. The normalized spacial score (nSPS) is 10.5. The summed E-state index contributed by atoms with van der Waals surface area (Å²) >= 11 is 11.4. The first-order chi connectivity index (χ1) is 8.47. The predicted octanol–water partition coefficient (Wildman–Crippen LogP) is 4.11. The highest BCUT2D eigenvalue weighted by molar-refractivity contribution is 6.33. The van der Waals surface area contributed by atoms with Crippen LogP contribution in [-0.4, -0.2) is 9.97 Å².